The number of fused-ring (bicyclic) bond motifs is 1. The van der Waals surface area contributed by atoms with Gasteiger partial charge in [0.15, 0.2) is 5.58 Å². The number of nitrogens with two attached hydrogens (primary N) is 1. The molecule has 0 radical (unpaired) electrons. The molecule has 0 saturated carbocycles. The fourth-order valence-electron chi connectivity index (χ4n) is 2.21. The van der Waals surface area contributed by atoms with Gasteiger partial charge in [-0.1, -0.05) is 0 Å². The Morgan fingerprint density at radius 1 is 1.59 bits per heavy atom. The lowest BCUT2D eigenvalue weighted by molar-refractivity contribution is -0.123. The van der Waals surface area contributed by atoms with Gasteiger partial charge in [-0.05, 0) is 18.6 Å². The van der Waals surface area contributed by atoms with Crippen LogP contribution in [0.3, 0.4) is 0 Å². The molecule has 2 aromatic rings. The number of hydrogen-bond donors (Lipinski definition) is 2. The number of furan rings is 1. The maximum Gasteiger partial charge on any atom is 0.225 e. The molecule has 3 N–H and O–H groups in total. The van der Waals surface area contributed by atoms with Crippen LogP contribution in [-0.4, -0.2) is 17.4 Å². The summed E-state index contributed by atoms with van der Waals surface area (Å²) < 4.78 is 5.62. The number of carbonyl (C=O) groups is 1. The Morgan fingerprint density at radius 2 is 2.47 bits per heavy atom. The Kier molecular flexibility index (Phi) is 2.33. The number of carbonyl (C=O) groups excluding carboxylic acids is 1. The van der Waals surface area contributed by atoms with Crippen molar-refractivity contribution in [1.82, 2.24) is 10.3 Å². The van der Waals surface area contributed by atoms with Crippen LogP contribution in [-0.2, 0) is 4.79 Å². The lowest BCUT2D eigenvalue weighted by Crippen LogP contribution is -2.28. The van der Waals surface area contributed by atoms with Crippen LogP contribution in [0.15, 0.2) is 28.8 Å². The van der Waals surface area contributed by atoms with Gasteiger partial charge in [0, 0.05) is 18.8 Å². The highest BCUT2D eigenvalue weighted by Crippen LogP contribution is 2.29. The Hall–Kier alpha value is -1.88. The molecule has 3 rings (SSSR count). The number of nitrogens with zero attached hydrogens (tertiary/aromatic N) is 1. The van der Waals surface area contributed by atoms with Crippen molar-refractivity contribution in [3.05, 3.63) is 30.2 Å². The molecule has 5 heteroatoms. The van der Waals surface area contributed by atoms with E-state index in [1.165, 1.54) is 0 Å². The van der Waals surface area contributed by atoms with Crippen molar-refractivity contribution in [2.45, 2.75) is 12.5 Å². The van der Waals surface area contributed by atoms with Crippen molar-refractivity contribution in [2.24, 2.45) is 11.7 Å². The normalized spacial score (nSPS) is 21.7. The number of nitrogens with one attached hydrogen (secondary N) is 1. The zero-order valence-electron chi connectivity index (χ0n) is 9.22. The predicted octanol–water partition coefficient (Wildman–Crippen LogP) is 0.964. The Balaban J connectivity index is 1.95. The third-order valence-electron chi connectivity index (χ3n) is 3.16. The Bertz CT molecular complexity index is 531. The van der Waals surface area contributed by atoms with Crippen molar-refractivity contribution in [2.75, 3.05) is 6.54 Å². The van der Waals surface area contributed by atoms with E-state index in [4.69, 9.17) is 10.2 Å². The van der Waals surface area contributed by atoms with E-state index in [1.807, 2.05) is 18.2 Å². The highest BCUT2D eigenvalue weighted by atomic mass is 16.3. The summed E-state index contributed by atoms with van der Waals surface area (Å²) in [5.74, 6) is 0.433. The van der Waals surface area contributed by atoms with Crippen LogP contribution in [0.2, 0.25) is 0 Å². The van der Waals surface area contributed by atoms with Crippen molar-refractivity contribution in [3.8, 4) is 0 Å². The summed E-state index contributed by atoms with van der Waals surface area (Å²) in [5.41, 5.74) is 7.55. The average Bonchev–Trinajstić information content (AvgIpc) is 2.93. The molecular formula is C12H13N3O2. The lowest BCUT2D eigenvalue weighted by Gasteiger charge is -2.13. The van der Waals surface area contributed by atoms with Crippen molar-refractivity contribution in [1.29, 1.82) is 0 Å². The molecule has 88 valence electrons. The summed E-state index contributed by atoms with van der Waals surface area (Å²) in [6.07, 6.45) is 2.46. The zero-order valence-corrected chi connectivity index (χ0v) is 9.22. The molecule has 17 heavy (non-hydrogen) atoms. The van der Waals surface area contributed by atoms with Gasteiger partial charge < -0.3 is 15.5 Å². The summed E-state index contributed by atoms with van der Waals surface area (Å²) in [4.78, 5) is 15.7. The number of hydrogen-bond acceptors (Lipinski definition) is 4. The molecule has 2 unspecified atom stereocenters. The van der Waals surface area contributed by atoms with Crippen LogP contribution in [0.5, 0.6) is 0 Å². The topological polar surface area (TPSA) is 81.2 Å². The molecule has 2 atom stereocenters. The number of pyridine rings is 1. The fourth-order valence-corrected chi connectivity index (χ4v) is 2.21. The minimum absolute atomic E-state index is 0.00548. The molecule has 1 fully saturated rings. The fraction of sp³-hybridized carbons (Fsp3) is 0.333. The first kappa shape index (κ1) is 10.3. The van der Waals surface area contributed by atoms with Crippen LogP contribution >= 0.6 is 0 Å². The second-order valence-corrected chi connectivity index (χ2v) is 4.25. The van der Waals surface area contributed by atoms with Crippen molar-refractivity contribution < 1.29 is 9.21 Å². The van der Waals surface area contributed by atoms with E-state index >= 15 is 0 Å². The molecule has 1 aliphatic rings. The molecule has 1 aliphatic heterocycles. The summed E-state index contributed by atoms with van der Waals surface area (Å²) in [5, 5.41) is 2.78. The second kappa shape index (κ2) is 3.85. The van der Waals surface area contributed by atoms with Gasteiger partial charge in [0.2, 0.25) is 5.91 Å². The third-order valence-corrected chi connectivity index (χ3v) is 3.16. The first-order valence-electron chi connectivity index (χ1n) is 5.63. The third kappa shape index (κ3) is 1.68. The quantitative estimate of drug-likeness (QED) is 0.806. The van der Waals surface area contributed by atoms with E-state index in [0.717, 1.165) is 11.9 Å². The van der Waals surface area contributed by atoms with Gasteiger partial charge in [0.1, 0.15) is 11.3 Å². The van der Waals surface area contributed by atoms with E-state index in [9.17, 15) is 4.79 Å². The average molecular weight is 231 g/mol. The minimum Gasteiger partial charge on any atom is -0.458 e. The molecule has 0 bridgehead atoms. The highest BCUT2D eigenvalue weighted by Gasteiger charge is 2.32. The molecule has 5 nitrogen and oxygen atoms in total. The molecular weight excluding hydrogens is 218 g/mol. The highest BCUT2D eigenvalue weighted by molar-refractivity contribution is 5.82. The maximum atomic E-state index is 11.6. The monoisotopic (exact) mass is 231 g/mol. The van der Waals surface area contributed by atoms with Crippen molar-refractivity contribution >= 4 is 17.0 Å². The van der Waals surface area contributed by atoms with Crippen molar-refractivity contribution in [3.63, 3.8) is 0 Å². The van der Waals surface area contributed by atoms with Gasteiger partial charge in [0.05, 0.1) is 12.0 Å². The zero-order chi connectivity index (χ0) is 11.8. The Labute approximate surface area is 98.0 Å². The summed E-state index contributed by atoms with van der Waals surface area (Å²) >= 11 is 0. The van der Waals surface area contributed by atoms with E-state index in [1.54, 1.807) is 6.20 Å². The summed E-state index contributed by atoms with van der Waals surface area (Å²) in [6.45, 7) is 0.690. The standard InChI is InChI=1S/C12H13N3O2/c13-11(7-3-5-15-12(7)16)10-6-8-9(17-10)2-1-4-14-8/h1-2,4,6-7,11H,3,5,13H2,(H,15,16). The molecule has 1 saturated heterocycles. The smallest absolute Gasteiger partial charge is 0.225 e. The molecule has 3 heterocycles. The molecule has 2 aromatic heterocycles. The van der Waals surface area contributed by atoms with Crippen LogP contribution in [0.4, 0.5) is 0 Å². The molecule has 0 aliphatic carbocycles. The first-order chi connectivity index (χ1) is 8.25. The van der Waals surface area contributed by atoms with Gasteiger partial charge in [0.25, 0.3) is 0 Å². The largest absolute Gasteiger partial charge is 0.458 e. The molecule has 0 aromatic carbocycles. The van der Waals surface area contributed by atoms with Gasteiger partial charge in [-0.15, -0.1) is 0 Å². The van der Waals surface area contributed by atoms with E-state index in [-0.39, 0.29) is 11.8 Å². The van der Waals surface area contributed by atoms with Gasteiger partial charge in [-0.25, -0.2) is 0 Å². The SMILES string of the molecule is NC(c1cc2ncccc2o1)C1CCNC1=O. The van der Waals surface area contributed by atoms with Crippen LogP contribution < -0.4 is 11.1 Å². The molecule has 1 amide bonds. The summed E-state index contributed by atoms with van der Waals surface area (Å²) in [7, 11) is 0. The van der Waals surface area contributed by atoms with Crippen LogP contribution in [0, 0.1) is 5.92 Å². The predicted molar refractivity (Wildman–Crippen MR) is 62.1 cm³/mol. The maximum absolute atomic E-state index is 11.6. The van der Waals surface area contributed by atoms with E-state index < -0.39 is 6.04 Å². The van der Waals surface area contributed by atoms with Crippen LogP contribution in [0.25, 0.3) is 11.1 Å². The van der Waals surface area contributed by atoms with E-state index in [0.29, 0.717) is 17.9 Å². The number of aromatic nitrogens is 1. The Morgan fingerprint density at radius 3 is 3.18 bits per heavy atom. The van der Waals surface area contributed by atoms with Gasteiger partial charge >= 0.3 is 0 Å². The molecule has 0 spiro atoms. The number of rotatable bonds is 2. The number of amides is 1. The minimum atomic E-state index is -0.397. The van der Waals surface area contributed by atoms with Gasteiger partial charge in [-0.2, -0.15) is 0 Å². The first-order valence-corrected chi connectivity index (χ1v) is 5.63. The van der Waals surface area contributed by atoms with E-state index in [2.05, 4.69) is 10.3 Å². The van der Waals surface area contributed by atoms with Crippen LogP contribution in [0.1, 0.15) is 18.2 Å². The summed E-state index contributed by atoms with van der Waals surface area (Å²) in [6, 6.07) is 5.06. The van der Waals surface area contributed by atoms with Gasteiger partial charge in [-0.3, -0.25) is 9.78 Å². The lowest BCUT2D eigenvalue weighted by atomic mass is 9.97. The second-order valence-electron chi connectivity index (χ2n) is 4.25.